The van der Waals surface area contributed by atoms with E-state index in [1.165, 1.54) is 63.5 Å². The molecule has 21 atom stereocenters. The van der Waals surface area contributed by atoms with Crippen LogP contribution in [0.3, 0.4) is 0 Å². The molecular weight excluding hydrogens is 1270 g/mol. The van der Waals surface area contributed by atoms with Crippen molar-refractivity contribution in [2.75, 3.05) is 5.33 Å². The first-order valence-electron chi connectivity index (χ1n) is 36.1. The van der Waals surface area contributed by atoms with E-state index in [4.69, 9.17) is 15.8 Å². The highest BCUT2D eigenvalue weighted by molar-refractivity contribution is 9.09. The van der Waals surface area contributed by atoms with E-state index in [1.54, 1.807) is 44.7 Å². The van der Waals surface area contributed by atoms with Crippen LogP contribution in [-0.4, -0.2) is 84.6 Å². The number of fused-ring (bicyclic) bond motifs is 15. The Bertz CT molecular complexity index is 3440. The quantitative estimate of drug-likeness (QED) is 0.121. The van der Waals surface area contributed by atoms with Crippen molar-refractivity contribution in [3.8, 4) is 18.2 Å². The zero-order valence-corrected chi connectivity index (χ0v) is 59.3. The van der Waals surface area contributed by atoms with Crippen LogP contribution in [0.15, 0.2) is 72.1 Å². The van der Waals surface area contributed by atoms with E-state index in [0.29, 0.717) is 81.1 Å². The van der Waals surface area contributed by atoms with Gasteiger partial charge in [-0.05, 0) is 261 Å². The van der Waals surface area contributed by atoms with E-state index >= 15 is 0 Å². The molecular formula is C81H118BrN9O6. The van der Waals surface area contributed by atoms with Crippen molar-refractivity contribution in [1.29, 1.82) is 15.8 Å². The SMILES string of the molecule is C.C.C.C[C@@]1(O)CC[C@]2(C)C3=CC[C@]4(C)[C@@H](C(=O)CBr)CC[C@H]4[C@@H]3CC[C@H]2C1.C[C@@]1(O)CC[C@]2(C)C3=CC[C@]4(C)[C@@H](C(=O)Cn5cc(C#N)cn5)CC[C@H]4[C@@H]3CC[C@H]2C1.C[C@@]1(O)CC[C@]2(C)C3=CC[C@]4(C)[C@H](C(=O)Cn5cc(C#N)cn5)CC[C@H]4[C@@H]3CC[C@H]2C1.N#Cc1cn[nH]c1. The minimum atomic E-state index is -0.510. The molecule has 0 amide bonds. The summed E-state index contributed by atoms with van der Waals surface area (Å²) < 4.78 is 3.25. The van der Waals surface area contributed by atoms with Crippen LogP contribution in [0.25, 0.3) is 0 Å². The van der Waals surface area contributed by atoms with Gasteiger partial charge in [0.15, 0.2) is 11.6 Å². The Kier molecular flexibility index (Phi) is 22.1. The van der Waals surface area contributed by atoms with Crippen LogP contribution in [0.1, 0.15) is 255 Å². The number of hydrogen-bond donors (Lipinski definition) is 4. The standard InChI is InChI=1S/2C26H35N3O2.C22H33BrO2.C4H3N3.3CH4/c2*1-24(31)10-11-25(2)18(12-24)4-5-19-20-6-7-22(26(20,3)9-8-21(19)25)23(30)16-29-15-17(13-27)14-28-29;1-20(25)10-11-21(2)14(12-20)4-5-15-16-6-7-18(19(24)13-23)22(16,3)9-8-17(15)21;5-1-4-2-6-7-3-4;;;/h2*8,14-15,18-20,22,31H,4-7,9-12,16H2,1-3H3;8,14-16,18,25H,4-7,9-13H2,1-3H3;2-3H,(H,6,7);3*1H4/t18-,19-,20-,22+,24+,25-,26-;18-,19-,20-,22-,24+,25-,26-;14-,15-,16-,18+,20+,21-,22-;;;;/m000..../s1. The van der Waals surface area contributed by atoms with E-state index in [9.17, 15) is 29.7 Å². The molecule has 12 aliphatic carbocycles. The second-order valence-electron chi connectivity index (χ2n) is 34.5. The number of H-pyrrole nitrogens is 1. The maximum Gasteiger partial charge on any atom is 0.157 e. The Morgan fingerprint density at radius 1 is 0.485 bits per heavy atom. The molecule has 15 rings (SSSR count). The molecule has 0 aliphatic heterocycles. The fraction of sp³-hybridized carbons (Fsp3) is 0.741. The number of ketones is 3. The zero-order valence-electron chi connectivity index (χ0n) is 57.7. The second-order valence-corrected chi connectivity index (χ2v) is 35.1. The lowest BCUT2D eigenvalue weighted by molar-refractivity contribution is -0.128. The number of allylic oxidation sites excluding steroid dienone is 6. The lowest BCUT2D eigenvalue weighted by atomic mass is 9.47. The number of aromatic nitrogens is 6. The van der Waals surface area contributed by atoms with Crippen molar-refractivity contribution < 1.29 is 29.7 Å². The van der Waals surface area contributed by atoms with Gasteiger partial charge in [-0.1, -0.05) is 115 Å². The summed E-state index contributed by atoms with van der Waals surface area (Å²) in [5.74, 6) is 6.82. The van der Waals surface area contributed by atoms with Crippen LogP contribution in [0.5, 0.6) is 0 Å². The molecule has 0 aromatic carbocycles. The van der Waals surface area contributed by atoms with Crippen LogP contribution in [0.2, 0.25) is 0 Å². The molecule has 0 radical (unpaired) electrons. The number of rotatable bonds is 8. The number of aliphatic hydroxyl groups is 3. The van der Waals surface area contributed by atoms with Gasteiger partial charge in [0.05, 0.1) is 70.5 Å². The van der Waals surface area contributed by atoms with Crippen LogP contribution in [0.4, 0.5) is 0 Å². The van der Waals surface area contributed by atoms with E-state index in [-0.39, 0.29) is 97.2 Å². The summed E-state index contributed by atoms with van der Waals surface area (Å²) >= 11 is 3.41. The lowest BCUT2D eigenvalue weighted by Crippen LogP contribution is -2.51. The molecule has 97 heavy (non-hydrogen) atoms. The predicted molar refractivity (Wildman–Crippen MR) is 384 cm³/mol. The van der Waals surface area contributed by atoms with Gasteiger partial charge < -0.3 is 15.3 Å². The highest BCUT2D eigenvalue weighted by Crippen LogP contribution is 2.70. The van der Waals surface area contributed by atoms with Crippen LogP contribution < -0.4 is 0 Å². The van der Waals surface area contributed by atoms with Crippen molar-refractivity contribution >= 4 is 33.3 Å². The number of nitrogens with one attached hydrogen (secondary N) is 1. The minimum absolute atomic E-state index is 0. The summed E-state index contributed by atoms with van der Waals surface area (Å²) in [6.07, 6.45) is 42.7. The van der Waals surface area contributed by atoms with Gasteiger partial charge >= 0.3 is 0 Å². The molecule has 3 aromatic rings. The van der Waals surface area contributed by atoms with E-state index in [0.717, 1.165) is 109 Å². The summed E-state index contributed by atoms with van der Waals surface area (Å²) in [5, 5.41) is 73.0. The molecule has 530 valence electrons. The summed E-state index contributed by atoms with van der Waals surface area (Å²) in [6, 6.07) is 6.09. The van der Waals surface area contributed by atoms with E-state index in [2.05, 4.69) is 108 Å². The molecule has 0 bridgehead atoms. The Balaban J connectivity index is 0.000000160. The normalized spacial score (nSPS) is 42.0. The molecule has 15 nitrogen and oxygen atoms in total. The molecule has 9 saturated carbocycles. The summed E-state index contributed by atoms with van der Waals surface area (Å²) in [4.78, 5) is 39.1. The minimum Gasteiger partial charge on any atom is -0.390 e. The molecule has 0 spiro atoms. The monoisotopic (exact) mass is 1390 g/mol. The largest absolute Gasteiger partial charge is 0.390 e. The molecule has 0 saturated heterocycles. The summed E-state index contributed by atoms with van der Waals surface area (Å²) in [6.45, 7) is 21.1. The van der Waals surface area contributed by atoms with Crippen LogP contribution in [0, 0.1) is 137 Å². The zero-order chi connectivity index (χ0) is 67.2. The van der Waals surface area contributed by atoms with Crippen molar-refractivity contribution in [1.82, 2.24) is 29.8 Å². The van der Waals surface area contributed by atoms with Crippen molar-refractivity contribution in [3.63, 3.8) is 0 Å². The van der Waals surface area contributed by atoms with E-state index < -0.39 is 16.8 Å². The number of alkyl halides is 1. The fourth-order valence-corrected chi connectivity index (χ4v) is 24.0. The Hall–Kier alpha value is -5.31. The highest BCUT2D eigenvalue weighted by Gasteiger charge is 2.63. The fourth-order valence-electron chi connectivity index (χ4n) is 23.7. The average molecular weight is 1390 g/mol. The van der Waals surface area contributed by atoms with Gasteiger partial charge in [-0.3, -0.25) is 28.8 Å². The van der Waals surface area contributed by atoms with E-state index in [1.807, 2.05) is 26.8 Å². The number of carbonyl (C=O) groups is 3. The smallest absolute Gasteiger partial charge is 0.157 e. The average Bonchev–Trinajstić information content (AvgIpc) is 1.67. The first-order valence-corrected chi connectivity index (χ1v) is 37.3. The lowest BCUT2D eigenvalue weighted by Gasteiger charge is -2.58. The number of halogens is 1. The summed E-state index contributed by atoms with van der Waals surface area (Å²) in [7, 11) is 0. The Labute approximate surface area is 589 Å². The Morgan fingerprint density at radius 2 is 0.814 bits per heavy atom. The third-order valence-corrected chi connectivity index (χ3v) is 29.6. The topological polar surface area (TPSA) is 248 Å². The maximum absolute atomic E-state index is 13.3. The van der Waals surface area contributed by atoms with Crippen molar-refractivity contribution in [2.45, 2.75) is 269 Å². The first-order chi connectivity index (χ1) is 44.5. The second kappa shape index (κ2) is 28.3. The predicted octanol–water partition coefficient (Wildman–Crippen LogP) is 16.8. The summed E-state index contributed by atoms with van der Waals surface area (Å²) in [5.41, 5.74) is 6.04. The molecule has 0 unspecified atom stereocenters. The Morgan fingerprint density at radius 3 is 1.09 bits per heavy atom. The number of Topliss-reactive ketones (excluding diaryl/α,β-unsaturated/α-hetero) is 3. The number of nitrogens with zero attached hydrogens (tertiary/aromatic N) is 8. The molecule has 4 N–H and O–H groups in total. The number of nitriles is 3. The van der Waals surface area contributed by atoms with Gasteiger partial charge in [0.2, 0.25) is 0 Å². The molecule has 12 aliphatic rings. The van der Waals surface area contributed by atoms with Gasteiger partial charge in [-0.2, -0.15) is 31.1 Å². The molecule has 9 fully saturated rings. The van der Waals surface area contributed by atoms with Gasteiger partial charge in [-0.15, -0.1) is 0 Å². The van der Waals surface area contributed by atoms with Crippen molar-refractivity contribution in [2.24, 2.45) is 104 Å². The maximum atomic E-state index is 13.3. The number of carbonyl (C=O) groups excluding carboxylic acids is 3. The van der Waals surface area contributed by atoms with Crippen molar-refractivity contribution in [3.05, 3.63) is 88.8 Å². The van der Waals surface area contributed by atoms with Crippen LogP contribution >= 0.6 is 15.9 Å². The first kappa shape index (κ1) is 75.9. The van der Waals surface area contributed by atoms with Gasteiger partial charge in [0.1, 0.15) is 24.0 Å². The highest BCUT2D eigenvalue weighted by atomic mass is 79.9. The molecule has 16 heteroatoms. The van der Waals surface area contributed by atoms with Gasteiger partial charge in [0, 0.05) is 36.3 Å². The molecule has 3 aromatic heterocycles. The third kappa shape index (κ3) is 13.8. The molecule has 3 heterocycles. The van der Waals surface area contributed by atoms with Crippen LogP contribution in [-0.2, 0) is 27.5 Å². The number of hydrogen-bond acceptors (Lipinski definition) is 12. The van der Waals surface area contributed by atoms with Gasteiger partial charge in [0.25, 0.3) is 0 Å². The van der Waals surface area contributed by atoms with Gasteiger partial charge in [-0.25, -0.2) is 0 Å². The number of aromatic amines is 1. The third-order valence-electron chi connectivity index (χ3n) is 29.0.